The van der Waals surface area contributed by atoms with E-state index >= 15 is 0 Å². The fraction of sp³-hybridized carbons (Fsp3) is 0.429. The van der Waals surface area contributed by atoms with Crippen molar-refractivity contribution in [2.24, 2.45) is 0 Å². The Bertz CT molecular complexity index is 450. The summed E-state index contributed by atoms with van der Waals surface area (Å²) >= 11 is 1.46. The molecule has 0 aromatic heterocycles. The molecule has 0 saturated heterocycles. The van der Waals surface area contributed by atoms with Gasteiger partial charge < -0.3 is 10.1 Å². The Morgan fingerprint density at radius 2 is 2.00 bits per heavy atom. The van der Waals surface area contributed by atoms with Gasteiger partial charge in [-0.15, -0.1) is 11.8 Å². The largest absolute Gasteiger partial charge is 0.464 e. The van der Waals surface area contributed by atoms with Crippen molar-refractivity contribution in [1.29, 1.82) is 0 Å². The van der Waals surface area contributed by atoms with E-state index in [2.05, 4.69) is 5.32 Å². The second-order valence-electron chi connectivity index (χ2n) is 4.09. The van der Waals surface area contributed by atoms with E-state index in [-0.39, 0.29) is 18.1 Å². The van der Waals surface area contributed by atoms with E-state index in [1.807, 2.05) is 0 Å². The van der Waals surface area contributed by atoms with Crippen molar-refractivity contribution in [2.75, 3.05) is 12.4 Å². The fourth-order valence-corrected chi connectivity index (χ4v) is 2.28. The third kappa shape index (κ3) is 6.06. The Hall–Kier alpha value is -1.56. The number of hydrogen-bond donors (Lipinski definition) is 1. The average molecular weight is 299 g/mol. The van der Waals surface area contributed by atoms with Gasteiger partial charge in [-0.25, -0.2) is 9.18 Å². The Labute approximate surface area is 122 Å². The van der Waals surface area contributed by atoms with Gasteiger partial charge in [0.2, 0.25) is 5.91 Å². The molecule has 0 spiro atoms. The highest BCUT2D eigenvalue weighted by Crippen LogP contribution is 2.18. The van der Waals surface area contributed by atoms with E-state index in [4.69, 9.17) is 4.74 Å². The molecule has 1 rings (SSSR count). The molecule has 20 heavy (non-hydrogen) atoms. The number of benzene rings is 1. The Morgan fingerprint density at radius 1 is 1.35 bits per heavy atom. The predicted octanol–water partition coefficient (Wildman–Crippen LogP) is 2.38. The molecule has 1 aromatic carbocycles. The van der Waals surface area contributed by atoms with Crippen LogP contribution in [0.15, 0.2) is 29.2 Å². The van der Waals surface area contributed by atoms with E-state index in [1.54, 1.807) is 26.0 Å². The SMILES string of the molecule is CCOC(=O)[C@@H](C)NC(=O)CCSc1ccc(F)cc1. The Kier molecular flexibility index (Phi) is 7.08. The summed E-state index contributed by atoms with van der Waals surface area (Å²) < 4.78 is 17.5. The van der Waals surface area contributed by atoms with Crippen molar-refractivity contribution in [2.45, 2.75) is 31.2 Å². The highest BCUT2D eigenvalue weighted by atomic mass is 32.2. The highest BCUT2D eigenvalue weighted by Gasteiger charge is 2.16. The number of carbonyl (C=O) groups is 2. The lowest BCUT2D eigenvalue weighted by atomic mass is 10.3. The number of ether oxygens (including phenoxy) is 1. The van der Waals surface area contributed by atoms with Crippen molar-refractivity contribution < 1.29 is 18.7 Å². The first-order valence-corrected chi connectivity index (χ1v) is 7.36. The topological polar surface area (TPSA) is 55.4 Å². The molecule has 0 heterocycles. The maximum absolute atomic E-state index is 12.7. The zero-order valence-corrected chi connectivity index (χ0v) is 12.3. The van der Waals surface area contributed by atoms with Crippen LogP contribution in [0.4, 0.5) is 4.39 Å². The number of nitrogens with one attached hydrogen (secondary N) is 1. The first-order chi connectivity index (χ1) is 9.52. The molecule has 4 nitrogen and oxygen atoms in total. The lowest BCUT2D eigenvalue weighted by Crippen LogP contribution is -2.39. The Balaban J connectivity index is 2.26. The number of esters is 1. The van der Waals surface area contributed by atoms with E-state index in [9.17, 15) is 14.0 Å². The summed E-state index contributed by atoms with van der Waals surface area (Å²) in [5.74, 6) is -0.366. The zero-order valence-electron chi connectivity index (χ0n) is 11.5. The van der Waals surface area contributed by atoms with E-state index < -0.39 is 12.0 Å². The molecule has 1 atom stereocenters. The fourth-order valence-electron chi connectivity index (χ4n) is 1.43. The second-order valence-corrected chi connectivity index (χ2v) is 5.26. The minimum absolute atomic E-state index is 0.208. The summed E-state index contributed by atoms with van der Waals surface area (Å²) in [5.41, 5.74) is 0. The molecule has 0 aliphatic rings. The number of halogens is 1. The van der Waals surface area contributed by atoms with Gasteiger partial charge in [-0.3, -0.25) is 4.79 Å². The van der Waals surface area contributed by atoms with Gasteiger partial charge in [0.25, 0.3) is 0 Å². The van der Waals surface area contributed by atoms with Crippen LogP contribution in [0, 0.1) is 5.82 Å². The number of thioether (sulfide) groups is 1. The predicted molar refractivity (Wildman–Crippen MR) is 76.0 cm³/mol. The molecule has 1 aromatic rings. The molecule has 6 heteroatoms. The third-order valence-corrected chi connectivity index (χ3v) is 3.44. The van der Waals surface area contributed by atoms with Crippen molar-refractivity contribution in [3.05, 3.63) is 30.1 Å². The molecule has 0 saturated carbocycles. The van der Waals surface area contributed by atoms with Crippen LogP contribution < -0.4 is 5.32 Å². The highest BCUT2D eigenvalue weighted by molar-refractivity contribution is 7.99. The molecule has 0 bridgehead atoms. The quantitative estimate of drug-likeness (QED) is 0.620. The van der Waals surface area contributed by atoms with Crippen LogP contribution in [0.1, 0.15) is 20.3 Å². The third-order valence-electron chi connectivity index (χ3n) is 2.43. The van der Waals surface area contributed by atoms with Crippen molar-refractivity contribution in [1.82, 2.24) is 5.32 Å². The summed E-state index contributed by atoms with van der Waals surface area (Å²) in [5, 5.41) is 2.57. The van der Waals surface area contributed by atoms with Crippen LogP contribution in [0.2, 0.25) is 0 Å². The van der Waals surface area contributed by atoms with Crippen molar-refractivity contribution in [3.63, 3.8) is 0 Å². The minimum atomic E-state index is -0.640. The zero-order chi connectivity index (χ0) is 15.0. The Morgan fingerprint density at radius 3 is 2.60 bits per heavy atom. The first-order valence-electron chi connectivity index (χ1n) is 6.37. The van der Waals surface area contributed by atoms with Crippen LogP contribution in [0.5, 0.6) is 0 Å². The first kappa shape index (κ1) is 16.5. The van der Waals surface area contributed by atoms with Gasteiger partial charge in [-0.2, -0.15) is 0 Å². The van der Waals surface area contributed by atoms with Gasteiger partial charge in [-0.05, 0) is 38.1 Å². The van der Waals surface area contributed by atoms with Crippen molar-refractivity contribution in [3.8, 4) is 0 Å². The van der Waals surface area contributed by atoms with Crippen LogP contribution in [-0.4, -0.2) is 30.3 Å². The van der Waals surface area contributed by atoms with Gasteiger partial charge in [-0.1, -0.05) is 0 Å². The van der Waals surface area contributed by atoms with E-state index in [0.29, 0.717) is 12.4 Å². The normalized spacial score (nSPS) is 11.8. The number of rotatable bonds is 7. The van der Waals surface area contributed by atoms with Gasteiger partial charge in [0.15, 0.2) is 0 Å². The van der Waals surface area contributed by atoms with Crippen LogP contribution in [-0.2, 0) is 14.3 Å². The van der Waals surface area contributed by atoms with Gasteiger partial charge in [0, 0.05) is 17.1 Å². The molecule has 110 valence electrons. The summed E-state index contributed by atoms with van der Waals surface area (Å²) in [6.45, 7) is 3.59. The molecule has 0 radical (unpaired) electrons. The number of amides is 1. The summed E-state index contributed by atoms with van der Waals surface area (Å²) in [7, 11) is 0. The van der Waals surface area contributed by atoms with E-state index in [1.165, 1.54) is 23.9 Å². The molecule has 1 N–H and O–H groups in total. The molecule has 0 aliphatic heterocycles. The lowest BCUT2D eigenvalue weighted by Gasteiger charge is -2.12. The average Bonchev–Trinajstić information content (AvgIpc) is 2.41. The molecule has 0 unspecified atom stereocenters. The van der Waals surface area contributed by atoms with Gasteiger partial charge in [0.1, 0.15) is 11.9 Å². The van der Waals surface area contributed by atoms with E-state index in [0.717, 1.165) is 4.90 Å². The monoisotopic (exact) mass is 299 g/mol. The molecule has 0 fully saturated rings. The maximum Gasteiger partial charge on any atom is 0.328 e. The summed E-state index contributed by atoms with van der Waals surface area (Å²) in [4.78, 5) is 23.8. The maximum atomic E-state index is 12.7. The molecule has 1 amide bonds. The molecular formula is C14H18FNO3S. The van der Waals surface area contributed by atoms with Gasteiger partial charge >= 0.3 is 5.97 Å². The van der Waals surface area contributed by atoms with Crippen LogP contribution in [0.25, 0.3) is 0 Å². The second kappa shape index (κ2) is 8.58. The van der Waals surface area contributed by atoms with Crippen LogP contribution >= 0.6 is 11.8 Å². The summed E-state index contributed by atoms with van der Waals surface area (Å²) in [6.07, 6.45) is 0.284. The molecule has 0 aliphatic carbocycles. The number of carbonyl (C=O) groups excluding carboxylic acids is 2. The standard InChI is InChI=1S/C14H18FNO3S/c1-3-19-14(18)10(2)16-13(17)8-9-20-12-6-4-11(15)5-7-12/h4-7,10H,3,8-9H2,1-2H3,(H,16,17)/t10-/m1/s1. The summed E-state index contributed by atoms with van der Waals surface area (Å²) in [6, 6.07) is 5.45. The smallest absolute Gasteiger partial charge is 0.328 e. The van der Waals surface area contributed by atoms with Crippen molar-refractivity contribution >= 4 is 23.6 Å². The van der Waals surface area contributed by atoms with Gasteiger partial charge in [0.05, 0.1) is 6.61 Å². The lowest BCUT2D eigenvalue weighted by molar-refractivity contribution is -0.146. The number of hydrogen-bond acceptors (Lipinski definition) is 4. The van der Waals surface area contributed by atoms with Crippen LogP contribution in [0.3, 0.4) is 0 Å². The minimum Gasteiger partial charge on any atom is -0.464 e. The molecular weight excluding hydrogens is 281 g/mol.